The van der Waals surface area contributed by atoms with E-state index >= 15 is 0 Å². The van der Waals surface area contributed by atoms with Gasteiger partial charge in [0.05, 0.1) is 0 Å². The van der Waals surface area contributed by atoms with Gasteiger partial charge in [-0.15, -0.1) is 0 Å². The summed E-state index contributed by atoms with van der Waals surface area (Å²) < 4.78 is 0. The lowest BCUT2D eigenvalue weighted by atomic mass is 9.79. The molecule has 2 rings (SSSR count). The highest BCUT2D eigenvalue weighted by Crippen LogP contribution is 2.32. The van der Waals surface area contributed by atoms with Gasteiger partial charge >= 0.3 is 0 Å². The Kier molecular flexibility index (Phi) is 10.8. The van der Waals surface area contributed by atoms with Crippen LogP contribution in [-0.4, -0.2) is 47.6 Å². The van der Waals surface area contributed by atoms with Crippen molar-refractivity contribution in [1.82, 2.24) is 9.80 Å². The molecule has 2 nitrogen and oxygen atoms in total. The Morgan fingerprint density at radius 3 is 2.04 bits per heavy atom. The van der Waals surface area contributed by atoms with Crippen molar-refractivity contribution in [2.24, 2.45) is 17.8 Å². The quantitative estimate of drug-likeness (QED) is 0.533. The predicted octanol–water partition coefficient (Wildman–Crippen LogP) is 6.45. The Labute approximate surface area is 166 Å². The van der Waals surface area contributed by atoms with Crippen LogP contribution in [0.4, 0.5) is 0 Å². The van der Waals surface area contributed by atoms with Gasteiger partial charge in [0.25, 0.3) is 0 Å². The normalized spacial score (nSPS) is 27.5. The second-order valence-corrected chi connectivity index (χ2v) is 10.5. The molecule has 1 aliphatic carbocycles. The van der Waals surface area contributed by atoms with Gasteiger partial charge in [-0.05, 0) is 64.8 Å². The summed E-state index contributed by atoms with van der Waals surface area (Å²) in [6.45, 7) is 23.7. The minimum atomic E-state index is 0.347. The highest BCUT2D eigenvalue weighted by atomic mass is 15.3. The second-order valence-electron chi connectivity index (χ2n) is 10.5. The van der Waals surface area contributed by atoms with E-state index in [2.05, 4.69) is 65.2 Å². The highest BCUT2D eigenvalue weighted by molar-refractivity contribution is 4.91. The van der Waals surface area contributed by atoms with Gasteiger partial charge in [-0.25, -0.2) is 0 Å². The SMILES string of the molecule is CC(C)CC1CCC(C)CC1.CCCCN1CCN(C(C)C)C(C)(C)C1. The molecular weight excluding hydrogens is 316 g/mol. The molecule has 1 heterocycles. The van der Waals surface area contributed by atoms with E-state index in [9.17, 15) is 0 Å². The highest BCUT2D eigenvalue weighted by Gasteiger charge is 2.34. The molecular formula is C24H50N2. The van der Waals surface area contributed by atoms with Gasteiger partial charge < -0.3 is 4.90 Å². The van der Waals surface area contributed by atoms with Crippen molar-refractivity contribution in [3.05, 3.63) is 0 Å². The molecule has 26 heavy (non-hydrogen) atoms. The monoisotopic (exact) mass is 366 g/mol. The zero-order valence-electron chi connectivity index (χ0n) is 19.5. The van der Waals surface area contributed by atoms with Crippen molar-refractivity contribution < 1.29 is 0 Å². The fraction of sp³-hybridized carbons (Fsp3) is 1.00. The maximum atomic E-state index is 2.63. The molecule has 0 spiro atoms. The van der Waals surface area contributed by atoms with Crippen LogP contribution in [0.1, 0.15) is 100 Å². The summed E-state index contributed by atoms with van der Waals surface area (Å²) in [6, 6.07) is 0.674. The molecule has 0 atom stereocenters. The molecule has 2 fully saturated rings. The summed E-state index contributed by atoms with van der Waals surface area (Å²) in [5.74, 6) is 2.98. The van der Waals surface area contributed by atoms with Gasteiger partial charge in [-0.3, -0.25) is 4.90 Å². The van der Waals surface area contributed by atoms with Gasteiger partial charge in [0.1, 0.15) is 0 Å². The Morgan fingerprint density at radius 2 is 1.58 bits per heavy atom. The Balaban J connectivity index is 0.000000273. The first-order valence-corrected chi connectivity index (χ1v) is 11.6. The summed E-state index contributed by atoms with van der Waals surface area (Å²) in [5.41, 5.74) is 0.347. The molecule has 0 aromatic carbocycles. The van der Waals surface area contributed by atoms with E-state index < -0.39 is 0 Å². The molecule has 0 N–H and O–H groups in total. The molecule has 0 radical (unpaired) electrons. The van der Waals surface area contributed by atoms with E-state index in [0.29, 0.717) is 11.6 Å². The zero-order valence-corrected chi connectivity index (χ0v) is 19.5. The minimum absolute atomic E-state index is 0.347. The largest absolute Gasteiger partial charge is 0.300 e. The van der Waals surface area contributed by atoms with Crippen molar-refractivity contribution in [2.45, 2.75) is 112 Å². The Hall–Kier alpha value is -0.0800. The maximum absolute atomic E-state index is 2.63. The van der Waals surface area contributed by atoms with E-state index in [1.54, 1.807) is 0 Å². The molecule has 1 aliphatic heterocycles. The third-order valence-electron chi connectivity index (χ3n) is 6.44. The van der Waals surface area contributed by atoms with Crippen LogP contribution < -0.4 is 0 Å². The molecule has 0 unspecified atom stereocenters. The third kappa shape index (κ3) is 8.74. The van der Waals surface area contributed by atoms with Gasteiger partial charge in [0.15, 0.2) is 0 Å². The first-order chi connectivity index (χ1) is 12.2. The van der Waals surface area contributed by atoms with E-state index in [-0.39, 0.29) is 0 Å². The summed E-state index contributed by atoms with van der Waals surface area (Å²) >= 11 is 0. The fourth-order valence-electron chi connectivity index (χ4n) is 5.03. The van der Waals surface area contributed by atoms with Crippen LogP contribution in [0, 0.1) is 17.8 Å². The molecule has 1 saturated heterocycles. The lowest BCUT2D eigenvalue weighted by Gasteiger charge is -2.49. The number of rotatable bonds is 6. The maximum Gasteiger partial charge on any atom is 0.0283 e. The number of unbranched alkanes of at least 4 members (excludes halogenated alkanes) is 1. The number of hydrogen-bond acceptors (Lipinski definition) is 2. The number of nitrogens with zero attached hydrogens (tertiary/aromatic N) is 2. The lowest BCUT2D eigenvalue weighted by Crippen LogP contribution is -2.61. The molecule has 156 valence electrons. The van der Waals surface area contributed by atoms with Crippen LogP contribution in [0.5, 0.6) is 0 Å². The van der Waals surface area contributed by atoms with Crippen molar-refractivity contribution in [2.75, 3.05) is 26.2 Å². The van der Waals surface area contributed by atoms with Crippen LogP contribution in [0.3, 0.4) is 0 Å². The molecule has 2 aliphatic rings. The third-order valence-corrected chi connectivity index (χ3v) is 6.44. The molecule has 0 aromatic rings. The van der Waals surface area contributed by atoms with Crippen molar-refractivity contribution in [1.29, 1.82) is 0 Å². The van der Waals surface area contributed by atoms with Gasteiger partial charge in [-0.1, -0.05) is 59.8 Å². The summed E-state index contributed by atoms with van der Waals surface area (Å²) in [4.78, 5) is 5.26. The van der Waals surface area contributed by atoms with Crippen LogP contribution >= 0.6 is 0 Å². The molecule has 0 aromatic heterocycles. The zero-order chi connectivity index (χ0) is 19.7. The van der Waals surface area contributed by atoms with Gasteiger partial charge in [0.2, 0.25) is 0 Å². The van der Waals surface area contributed by atoms with E-state index in [1.807, 2.05) is 0 Å². The summed E-state index contributed by atoms with van der Waals surface area (Å²) in [5, 5.41) is 0. The van der Waals surface area contributed by atoms with Gasteiger partial charge in [0, 0.05) is 31.2 Å². The smallest absolute Gasteiger partial charge is 0.0283 e. The predicted molar refractivity (Wildman–Crippen MR) is 118 cm³/mol. The van der Waals surface area contributed by atoms with E-state index in [0.717, 1.165) is 17.8 Å². The number of piperazine rings is 1. The van der Waals surface area contributed by atoms with E-state index in [4.69, 9.17) is 0 Å². The first kappa shape index (κ1) is 24.0. The minimum Gasteiger partial charge on any atom is -0.300 e. The lowest BCUT2D eigenvalue weighted by molar-refractivity contribution is -0.00175. The molecule has 2 heteroatoms. The number of hydrogen-bond donors (Lipinski definition) is 0. The Morgan fingerprint density at radius 1 is 0.962 bits per heavy atom. The van der Waals surface area contributed by atoms with Gasteiger partial charge in [-0.2, -0.15) is 0 Å². The average Bonchev–Trinajstić information content (AvgIpc) is 2.54. The Bertz CT molecular complexity index is 353. The average molecular weight is 367 g/mol. The molecule has 0 amide bonds. The van der Waals surface area contributed by atoms with Crippen LogP contribution in [0.15, 0.2) is 0 Å². The van der Waals surface area contributed by atoms with Crippen LogP contribution in [-0.2, 0) is 0 Å². The fourth-order valence-corrected chi connectivity index (χ4v) is 5.03. The topological polar surface area (TPSA) is 6.48 Å². The van der Waals surface area contributed by atoms with Crippen molar-refractivity contribution in [3.63, 3.8) is 0 Å². The van der Waals surface area contributed by atoms with Crippen molar-refractivity contribution in [3.8, 4) is 0 Å². The van der Waals surface area contributed by atoms with Crippen LogP contribution in [0.25, 0.3) is 0 Å². The molecule has 0 bridgehead atoms. The second kappa shape index (κ2) is 11.7. The van der Waals surface area contributed by atoms with E-state index in [1.165, 1.54) is 71.1 Å². The standard InChI is InChI=1S/C13H28N2.C11H22/c1-6-7-8-14-9-10-15(12(2)3)13(4,5)11-14;1-9(2)8-11-6-4-10(3)5-7-11/h12H,6-11H2,1-5H3;9-11H,4-8H2,1-3H3. The van der Waals surface area contributed by atoms with Crippen LogP contribution in [0.2, 0.25) is 0 Å². The summed E-state index contributed by atoms with van der Waals surface area (Å²) in [7, 11) is 0. The van der Waals surface area contributed by atoms with Crippen molar-refractivity contribution >= 4 is 0 Å². The summed E-state index contributed by atoms with van der Waals surface area (Å²) in [6.07, 6.45) is 10.1. The molecule has 1 saturated carbocycles. The first-order valence-electron chi connectivity index (χ1n) is 11.6.